The molecular weight excluding hydrogens is 350 g/mol. The number of benzene rings is 2. The lowest BCUT2D eigenvalue weighted by Gasteiger charge is -2.15. The van der Waals surface area contributed by atoms with Crippen LogP contribution in [0.1, 0.15) is 24.2 Å². The Balaban J connectivity index is 2.35. The molecule has 26 heavy (non-hydrogen) atoms. The second kappa shape index (κ2) is 7.25. The monoisotopic (exact) mass is 365 g/mol. The van der Waals surface area contributed by atoms with Gasteiger partial charge in [0.25, 0.3) is 12.0 Å². The molecule has 2 aromatic carbocycles. The topological polar surface area (TPSA) is 60.9 Å². The van der Waals surface area contributed by atoms with Gasteiger partial charge in [0.05, 0.1) is 11.2 Å². The van der Waals surface area contributed by atoms with Crippen molar-refractivity contribution in [3.63, 3.8) is 0 Å². The molecule has 0 fully saturated rings. The van der Waals surface area contributed by atoms with Gasteiger partial charge < -0.3 is 5.73 Å². The van der Waals surface area contributed by atoms with Crippen LogP contribution >= 0.6 is 0 Å². The summed E-state index contributed by atoms with van der Waals surface area (Å²) in [5.74, 6) is -1.52. The molecular formula is C18H15F4N3O. The Morgan fingerprint density at radius 2 is 1.92 bits per heavy atom. The third kappa shape index (κ3) is 3.32. The van der Waals surface area contributed by atoms with Crippen molar-refractivity contribution in [2.45, 2.75) is 19.3 Å². The van der Waals surface area contributed by atoms with Crippen LogP contribution in [0, 0.1) is 11.6 Å². The zero-order valence-corrected chi connectivity index (χ0v) is 13.6. The first-order valence-electron chi connectivity index (χ1n) is 7.91. The number of nitrogens with two attached hydrogens (primary N) is 1. The van der Waals surface area contributed by atoms with Gasteiger partial charge in [0.15, 0.2) is 0 Å². The van der Waals surface area contributed by atoms with Crippen molar-refractivity contribution >= 4 is 10.9 Å². The molecule has 3 aromatic rings. The Labute approximate surface area is 145 Å². The fourth-order valence-electron chi connectivity index (χ4n) is 2.78. The number of hydrogen-bond donors (Lipinski definition) is 1. The van der Waals surface area contributed by atoms with Crippen LogP contribution in [0.2, 0.25) is 0 Å². The van der Waals surface area contributed by atoms with Gasteiger partial charge in [0.2, 0.25) is 0 Å². The van der Waals surface area contributed by atoms with Crippen molar-refractivity contribution in [3.05, 3.63) is 69.8 Å². The van der Waals surface area contributed by atoms with Crippen LogP contribution in [0.4, 0.5) is 17.6 Å². The zero-order valence-electron chi connectivity index (χ0n) is 13.6. The molecule has 0 spiro atoms. The van der Waals surface area contributed by atoms with Gasteiger partial charge >= 0.3 is 0 Å². The minimum absolute atomic E-state index is 0.130. The van der Waals surface area contributed by atoms with Gasteiger partial charge in [-0.1, -0.05) is 6.07 Å². The normalized spacial score (nSPS) is 11.5. The molecule has 1 aromatic heterocycles. The summed E-state index contributed by atoms with van der Waals surface area (Å²) in [6.45, 7) is 0.308. The molecule has 8 heteroatoms. The molecule has 0 aliphatic carbocycles. The summed E-state index contributed by atoms with van der Waals surface area (Å²) >= 11 is 0. The predicted molar refractivity (Wildman–Crippen MR) is 89.6 cm³/mol. The highest BCUT2D eigenvalue weighted by Crippen LogP contribution is 2.24. The van der Waals surface area contributed by atoms with Gasteiger partial charge in [-0.05, 0) is 43.3 Å². The molecule has 0 aliphatic rings. The summed E-state index contributed by atoms with van der Waals surface area (Å²) in [6.07, 6.45) is -2.21. The van der Waals surface area contributed by atoms with E-state index in [1.807, 2.05) is 0 Å². The quantitative estimate of drug-likeness (QED) is 0.704. The first kappa shape index (κ1) is 18.1. The molecule has 0 saturated carbocycles. The van der Waals surface area contributed by atoms with Crippen molar-refractivity contribution in [2.75, 3.05) is 6.54 Å². The van der Waals surface area contributed by atoms with Crippen molar-refractivity contribution < 1.29 is 17.6 Å². The Bertz CT molecular complexity index is 1020. The summed E-state index contributed by atoms with van der Waals surface area (Å²) in [5, 5.41) is -0.285. The largest absolute Gasteiger partial charge is 0.330 e. The molecule has 3 rings (SSSR count). The van der Waals surface area contributed by atoms with Crippen LogP contribution in [-0.4, -0.2) is 16.1 Å². The first-order valence-corrected chi connectivity index (χ1v) is 7.91. The highest BCUT2D eigenvalue weighted by molar-refractivity contribution is 5.78. The predicted octanol–water partition coefficient (Wildman–Crippen LogP) is 3.49. The van der Waals surface area contributed by atoms with Gasteiger partial charge in [0, 0.05) is 12.0 Å². The van der Waals surface area contributed by atoms with E-state index in [2.05, 4.69) is 4.98 Å². The number of aryl methyl sites for hydroxylation is 1. The molecule has 0 unspecified atom stereocenters. The number of rotatable bonds is 5. The van der Waals surface area contributed by atoms with Crippen molar-refractivity contribution in [1.82, 2.24) is 9.55 Å². The maximum absolute atomic E-state index is 14.1. The van der Waals surface area contributed by atoms with Crippen LogP contribution in [0.25, 0.3) is 16.6 Å². The summed E-state index contributed by atoms with van der Waals surface area (Å²) in [6, 6.07) is 6.62. The SMILES string of the molecule is NCCCc1nc2cccc(F)c2c(=O)n1-c1cc(F)cc(C(F)F)c1. The molecule has 0 bridgehead atoms. The minimum Gasteiger partial charge on any atom is -0.330 e. The van der Waals surface area contributed by atoms with Crippen molar-refractivity contribution in [2.24, 2.45) is 5.73 Å². The second-order valence-electron chi connectivity index (χ2n) is 5.74. The fraction of sp³-hybridized carbons (Fsp3) is 0.222. The van der Waals surface area contributed by atoms with Crippen LogP contribution in [0.3, 0.4) is 0 Å². The van der Waals surface area contributed by atoms with Gasteiger partial charge in [-0.3, -0.25) is 9.36 Å². The van der Waals surface area contributed by atoms with Crippen LogP contribution in [0.15, 0.2) is 41.2 Å². The van der Waals surface area contributed by atoms with Crippen LogP contribution < -0.4 is 11.3 Å². The third-order valence-electron chi connectivity index (χ3n) is 3.94. The molecule has 0 aliphatic heterocycles. The number of alkyl halides is 2. The summed E-state index contributed by atoms with van der Waals surface area (Å²) in [5.41, 5.74) is 4.14. The van der Waals surface area contributed by atoms with E-state index in [0.717, 1.165) is 22.8 Å². The Kier molecular flexibility index (Phi) is 5.03. The molecule has 0 radical (unpaired) electrons. The van der Waals surface area contributed by atoms with E-state index >= 15 is 0 Å². The second-order valence-corrected chi connectivity index (χ2v) is 5.74. The molecule has 136 valence electrons. The average molecular weight is 365 g/mol. The maximum atomic E-state index is 14.1. The van der Waals surface area contributed by atoms with Crippen LogP contribution in [-0.2, 0) is 6.42 Å². The Morgan fingerprint density at radius 1 is 1.15 bits per heavy atom. The molecule has 0 amide bonds. The standard InChI is InChI=1S/C18H15F4N3O/c19-11-7-10(17(21)22)8-12(9-11)25-15(5-2-6-23)24-14-4-1-3-13(20)16(14)18(25)26/h1,3-4,7-9,17H,2,5-6,23H2. The van der Waals surface area contributed by atoms with E-state index in [9.17, 15) is 22.4 Å². The number of hydrogen-bond acceptors (Lipinski definition) is 3. The molecule has 0 saturated heterocycles. The highest BCUT2D eigenvalue weighted by Gasteiger charge is 2.18. The van der Waals surface area contributed by atoms with Gasteiger partial charge in [-0.2, -0.15) is 0 Å². The van der Waals surface area contributed by atoms with E-state index in [0.29, 0.717) is 19.0 Å². The Morgan fingerprint density at radius 3 is 2.62 bits per heavy atom. The van der Waals surface area contributed by atoms with Gasteiger partial charge in [0.1, 0.15) is 22.8 Å². The van der Waals surface area contributed by atoms with Gasteiger partial charge in [-0.25, -0.2) is 22.5 Å². The average Bonchev–Trinajstić information content (AvgIpc) is 2.59. The number of aromatic nitrogens is 2. The third-order valence-corrected chi connectivity index (χ3v) is 3.94. The van der Waals surface area contributed by atoms with E-state index in [4.69, 9.17) is 5.73 Å². The molecule has 2 N–H and O–H groups in total. The smallest absolute Gasteiger partial charge is 0.268 e. The van der Waals surface area contributed by atoms with Gasteiger partial charge in [-0.15, -0.1) is 0 Å². The van der Waals surface area contributed by atoms with E-state index in [1.54, 1.807) is 0 Å². The summed E-state index contributed by atoms with van der Waals surface area (Å²) in [4.78, 5) is 17.1. The van der Waals surface area contributed by atoms with Crippen LogP contribution in [0.5, 0.6) is 0 Å². The first-order chi connectivity index (χ1) is 12.4. The molecule has 1 heterocycles. The minimum atomic E-state index is -2.92. The number of halogens is 4. The fourth-order valence-corrected chi connectivity index (χ4v) is 2.78. The maximum Gasteiger partial charge on any atom is 0.268 e. The van der Waals surface area contributed by atoms with Crippen molar-refractivity contribution in [1.29, 1.82) is 0 Å². The summed E-state index contributed by atoms with van der Waals surface area (Å²) in [7, 11) is 0. The molecule has 0 atom stereocenters. The highest BCUT2D eigenvalue weighted by atomic mass is 19.3. The number of nitrogens with zero attached hydrogens (tertiary/aromatic N) is 2. The summed E-state index contributed by atoms with van der Waals surface area (Å²) < 4.78 is 55.0. The molecule has 4 nitrogen and oxygen atoms in total. The Hall–Kier alpha value is -2.74. The van der Waals surface area contributed by atoms with E-state index in [1.165, 1.54) is 12.1 Å². The number of fused-ring (bicyclic) bond motifs is 1. The lowest BCUT2D eigenvalue weighted by atomic mass is 10.1. The van der Waals surface area contributed by atoms with E-state index in [-0.39, 0.29) is 28.8 Å². The van der Waals surface area contributed by atoms with E-state index < -0.39 is 29.2 Å². The van der Waals surface area contributed by atoms with Crippen molar-refractivity contribution in [3.8, 4) is 5.69 Å². The lowest BCUT2D eigenvalue weighted by Crippen LogP contribution is -2.25. The lowest BCUT2D eigenvalue weighted by molar-refractivity contribution is 0.151. The zero-order chi connectivity index (χ0) is 18.8.